The van der Waals surface area contributed by atoms with Crippen molar-refractivity contribution in [1.29, 1.82) is 0 Å². The molecule has 1 rings (SSSR count). The molecule has 0 aliphatic heterocycles. The van der Waals surface area contributed by atoms with Crippen molar-refractivity contribution in [3.8, 4) is 0 Å². The number of rotatable bonds is 4. The maximum absolute atomic E-state index is 12.7. The van der Waals surface area contributed by atoms with Crippen LogP contribution in [0.2, 0.25) is 0 Å². The molecule has 74 valence electrons. The van der Waals surface area contributed by atoms with Crippen molar-refractivity contribution in [2.75, 3.05) is 0 Å². The molecule has 0 fully saturated rings. The number of carbonyl (C=O) groups is 1. The van der Waals surface area contributed by atoms with E-state index in [2.05, 4.69) is 6.58 Å². The summed E-state index contributed by atoms with van der Waals surface area (Å²) >= 11 is 0. The van der Waals surface area contributed by atoms with E-state index >= 15 is 0 Å². The molecule has 0 bridgehead atoms. The van der Waals surface area contributed by atoms with Gasteiger partial charge < -0.3 is 0 Å². The third kappa shape index (κ3) is 2.80. The number of aryl methyl sites for hydroxylation is 1. The van der Waals surface area contributed by atoms with Crippen LogP contribution < -0.4 is 0 Å². The van der Waals surface area contributed by atoms with Gasteiger partial charge in [0.2, 0.25) is 0 Å². The van der Waals surface area contributed by atoms with Crippen LogP contribution in [0.4, 0.5) is 4.39 Å². The Kier molecular flexibility index (Phi) is 3.57. The highest BCUT2D eigenvalue weighted by Crippen LogP contribution is 2.11. The Morgan fingerprint density at radius 3 is 2.86 bits per heavy atom. The van der Waals surface area contributed by atoms with Crippen molar-refractivity contribution in [3.05, 3.63) is 47.8 Å². The van der Waals surface area contributed by atoms with E-state index in [1.807, 2.05) is 0 Å². The molecular weight excluding hydrogens is 179 g/mol. The minimum absolute atomic E-state index is 0.106. The Morgan fingerprint density at radius 1 is 1.57 bits per heavy atom. The number of hydrogen-bond acceptors (Lipinski definition) is 1. The smallest absolute Gasteiger partial charge is 0.141 e. The van der Waals surface area contributed by atoms with Gasteiger partial charge >= 0.3 is 0 Å². The summed E-state index contributed by atoms with van der Waals surface area (Å²) in [5.74, 6) is -0.155. The van der Waals surface area contributed by atoms with E-state index in [0.717, 1.165) is 11.1 Å². The molecule has 1 aromatic rings. The highest BCUT2D eigenvalue weighted by atomic mass is 19.1. The van der Waals surface area contributed by atoms with Gasteiger partial charge in [-0.2, -0.15) is 0 Å². The molecule has 0 atom stereocenters. The number of carbonyl (C=O) groups excluding carboxylic acids is 1. The minimum Gasteiger partial charge on any atom is -0.299 e. The summed E-state index contributed by atoms with van der Waals surface area (Å²) in [5, 5.41) is 0. The molecule has 0 unspecified atom stereocenters. The number of Topliss-reactive ketones (excluding diaryl/α,β-unsaturated/α-hetero) is 1. The Hall–Kier alpha value is -1.44. The minimum atomic E-state index is -0.262. The highest BCUT2D eigenvalue weighted by Gasteiger charge is 2.04. The number of halogens is 1. The monoisotopic (exact) mass is 192 g/mol. The average molecular weight is 192 g/mol. The Labute approximate surface area is 83.3 Å². The lowest BCUT2D eigenvalue weighted by Gasteiger charge is -2.03. The average Bonchev–Trinajstić information content (AvgIpc) is 2.10. The molecule has 2 heteroatoms. The Bertz CT molecular complexity index is 355. The van der Waals surface area contributed by atoms with Crippen LogP contribution in [-0.2, 0) is 11.2 Å². The van der Waals surface area contributed by atoms with E-state index in [4.69, 9.17) is 0 Å². The molecule has 0 aromatic heterocycles. The zero-order valence-electron chi connectivity index (χ0n) is 8.22. The van der Waals surface area contributed by atoms with Crippen LogP contribution in [0.3, 0.4) is 0 Å². The first-order chi connectivity index (χ1) is 6.63. The van der Waals surface area contributed by atoms with Crippen LogP contribution in [-0.4, -0.2) is 5.78 Å². The summed E-state index contributed by atoms with van der Waals surface area (Å²) in [4.78, 5) is 11.3. The number of hydrogen-bond donors (Lipinski definition) is 0. The van der Waals surface area contributed by atoms with E-state index < -0.39 is 0 Å². The van der Waals surface area contributed by atoms with Gasteiger partial charge in [-0.15, -0.1) is 6.58 Å². The quantitative estimate of drug-likeness (QED) is 0.670. The fourth-order valence-corrected chi connectivity index (χ4v) is 1.30. The van der Waals surface area contributed by atoms with Crippen molar-refractivity contribution in [2.45, 2.75) is 19.8 Å². The number of allylic oxidation sites excluding steroid dienone is 1. The summed E-state index contributed by atoms with van der Waals surface area (Å²) in [6.07, 6.45) is 2.32. The largest absolute Gasteiger partial charge is 0.299 e. The third-order valence-electron chi connectivity index (χ3n) is 2.06. The second-order valence-corrected chi connectivity index (χ2v) is 3.28. The van der Waals surface area contributed by atoms with E-state index in [1.54, 1.807) is 19.1 Å². The van der Waals surface area contributed by atoms with Gasteiger partial charge in [0.1, 0.15) is 11.6 Å². The van der Waals surface area contributed by atoms with Crippen molar-refractivity contribution >= 4 is 5.78 Å². The second kappa shape index (κ2) is 4.70. The molecule has 0 saturated carbocycles. The van der Waals surface area contributed by atoms with Crippen molar-refractivity contribution in [2.24, 2.45) is 0 Å². The summed E-state index contributed by atoms with van der Waals surface area (Å²) in [6.45, 7) is 5.30. The second-order valence-electron chi connectivity index (χ2n) is 3.28. The highest BCUT2D eigenvalue weighted by molar-refractivity contribution is 5.82. The van der Waals surface area contributed by atoms with Crippen molar-refractivity contribution in [3.63, 3.8) is 0 Å². The van der Waals surface area contributed by atoms with Gasteiger partial charge in [-0.3, -0.25) is 4.79 Å². The van der Waals surface area contributed by atoms with E-state index in [1.165, 1.54) is 12.1 Å². The molecule has 1 aromatic carbocycles. The Morgan fingerprint density at radius 2 is 2.29 bits per heavy atom. The van der Waals surface area contributed by atoms with E-state index in [-0.39, 0.29) is 11.6 Å². The summed E-state index contributed by atoms with van der Waals surface area (Å²) < 4.78 is 12.7. The molecule has 0 radical (unpaired) electrons. The van der Waals surface area contributed by atoms with Crippen LogP contribution in [0.1, 0.15) is 17.5 Å². The van der Waals surface area contributed by atoms with Gasteiger partial charge in [0, 0.05) is 12.8 Å². The molecule has 0 heterocycles. The summed E-state index contributed by atoms with van der Waals surface area (Å²) in [7, 11) is 0. The lowest BCUT2D eigenvalue weighted by atomic mass is 10.0. The molecule has 0 aliphatic carbocycles. The van der Waals surface area contributed by atoms with Gasteiger partial charge in [0.15, 0.2) is 0 Å². The van der Waals surface area contributed by atoms with Crippen LogP contribution in [0.5, 0.6) is 0 Å². The van der Waals surface area contributed by atoms with Gasteiger partial charge in [-0.25, -0.2) is 4.39 Å². The maximum Gasteiger partial charge on any atom is 0.141 e. The third-order valence-corrected chi connectivity index (χ3v) is 2.06. The molecule has 0 spiro atoms. The van der Waals surface area contributed by atoms with Crippen LogP contribution in [0, 0.1) is 12.7 Å². The van der Waals surface area contributed by atoms with E-state index in [9.17, 15) is 9.18 Å². The predicted octanol–water partition coefficient (Wildman–Crippen LogP) is 2.82. The first kappa shape index (κ1) is 10.6. The van der Waals surface area contributed by atoms with Gasteiger partial charge in [0.05, 0.1) is 0 Å². The van der Waals surface area contributed by atoms with Crippen molar-refractivity contribution in [1.82, 2.24) is 0 Å². The van der Waals surface area contributed by atoms with Crippen LogP contribution >= 0.6 is 0 Å². The fraction of sp³-hybridized carbons (Fsp3) is 0.250. The van der Waals surface area contributed by atoms with Gasteiger partial charge in [0.25, 0.3) is 0 Å². The molecule has 0 amide bonds. The molecule has 0 aliphatic rings. The normalized spacial score (nSPS) is 9.86. The van der Waals surface area contributed by atoms with Gasteiger partial charge in [-0.1, -0.05) is 12.1 Å². The molecular formula is C12H13FO. The number of ketones is 1. The zero-order chi connectivity index (χ0) is 10.6. The Balaban J connectivity index is 2.76. The molecule has 0 saturated heterocycles. The molecule has 14 heavy (non-hydrogen) atoms. The summed E-state index contributed by atoms with van der Waals surface area (Å²) in [6, 6.07) is 4.48. The lowest BCUT2D eigenvalue weighted by molar-refractivity contribution is -0.117. The SMILES string of the molecule is C=CCC(=O)Cc1ccc(F)cc1C. The standard InChI is InChI=1S/C12H13FO/c1-3-4-12(14)8-10-5-6-11(13)7-9(10)2/h3,5-7H,1,4,8H2,2H3. The van der Waals surface area contributed by atoms with Crippen LogP contribution in [0.25, 0.3) is 0 Å². The maximum atomic E-state index is 12.7. The molecule has 0 N–H and O–H groups in total. The van der Waals surface area contributed by atoms with Gasteiger partial charge in [-0.05, 0) is 30.2 Å². The van der Waals surface area contributed by atoms with Crippen LogP contribution in [0.15, 0.2) is 30.9 Å². The first-order valence-corrected chi connectivity index (χ1v) is 4.51. The number of benzene rings is 1. The lowest BCUT2D eigenvalue weighted by Crippen LogP contribution is -2.02. The molecule has 1 nitrogen and oxygen atoms in total. The predicted molar refractivity (Wildman–Crippen MR) is 54.7 cm³/mol. The summed E-state index contributed by atoms with van der Waals surface area (Å²) in [5.41, 5.74) is 1.71. The van der Waals surface area contributed by atoms with Crippen molar-refractivity contribution < 1.29 is 9.18 Å². The first-order valence-electron chi connectivity index (χ1n) is 4.51. The topological polar surface area (TPSA) is 17.1 Å². The van der Waals surface area contributed by atoms with E-state index in [0.29, 0.717) is 12.8 Å². The zero-order valence-corrected chi connectivity index (χ0v) is 8.22. The fourth-order valence-electron chi connectivity index (χ4n) is 1.30.